The van der Waals surface area contributed by atoms with Crippen LogP contribution in [0.3, 0.4) is 0 Å². The molecule has 1 aromatic heterocycles. The second-order valence-corrected chi connectivity index (χ2v) is 6.70. The van der Waals surface area contributed by atoms with E-state index in [0.717, 1.165) is 19.3 Å². The van der Waals surface area contributed by atoms with Crippen LogP contribution in [-0.2, 0) is 11.0 Å². The molecule has 4 nitrogen and oxygen atoms in total. The third-order valence-electron chi connectivity index (χ3n) is 3.98. The van der Waals surface area contributed by atoms with Crippen LogP contribution in [-0.4, -0.2) is 10.1 Å². The fourth-order valence-corrected chi connectivity index (χ4v) is 2.71. The smallest absolute Gasteiger partial charge is 0.232 e. The van der Waals surface area contributed by atoms with E-state index in [0.29, 0.717) is 17.6 Å². The van der Waals surface area contributed by atoms with E-state index in [4.69, 9.17) is 10.3 Å². The molecule has 102 valence electrons. The van der Waals surface area contributed by atoms with Gasteiger partial charge in [0.25, 0.3) is 0 Å². The van der Waals surface area contributed by atoms with Crippen molar-refractivity contribution in [3.63, 3.8) is 0 Å². The second-order valence-electron chi connectivity index (χ2n) is 6.70. The van der Waals surface area contributed by atoms with Gasteiger partial charge in [0.2, 0.25) is 5.89 Å². The average molecular weight is 251 g/mol. The maximum atomic E-state index is 6.52. The molecule has 0 spiro atoms. The summed E-state index contributed by atoms with van der Waals surface area (Å²) in [5.41, 5.74) is 6.02. The Morgan fingerprint density at radius 1 is 1.44 bits per heavy atom. The average Bonchev–Trinajstić information content (AvgIpc) is 2.78. The molecule has 0 radical (unpaired) electrons. The van der Waals surface area contributed by atoms with Gasteiger partial charge in [0.15, 0.2) is 5.82 Å². The van der Waals surface area contributed by atoms with Gasteiger partial charge in [0.1, 0.15) is 0 Å². The van der Waals surface area contributed by atoms with Crippen molar-refractivity contribution in [1.82, 2.24) is 10.1 Å². The van der Waals surface area contributed by atoms with Gasteiger partial charge in [-0.3, -0.25) is 0 Å². The van der Waals surface area contributed by atoms with Crippen molar-refractivity contribution in [3.8, 4) is 0 Å². The lowest BCUT2D eigenvalue weighted by Gasteiger charge is -2.35. The minimum atomic E-state index is -0.383. The van der Waals surface area contributed by atoms with Crippen molar-refractivity contribution < 1.29 is 4.52 Å². The van der Waals surface area contributed by atoms with E-state index < -0.39 is 0 Å². The zero-order valence-corrected chi connectivity index (χ0v) is 12.0. The van der Waals surface area contributed by atoms with E-state index in [1.165, 1.54) is 12.8 Å². The van der Waals surface area contributed by atoms with Gasteiger partial charge in [-0.1, -0.05) is 52.1 Å². The number of hydrogen-bond acceptors (Lipinski definition) is 4. The summed E-state index contributed by atoms with van der Waals surface area (Å²) in [7, 11) is 0. The second kappa shape index (κ2) is 4.65. The molecule has 0 bridgehead atoms. The molecule has 1 aromatic rings. The third-order valence-corrected chi connectivity index (χ3v) is 3.98. The number of aromatic nitrogens is 2. The molecule has 1 aliphatic carbocycles. The molecule has 0 aromatic carbocycles. The van der Waals surface area contributed by atoms with Crippen LogP contribution in [0, 0.1) is 5.92 Å². The normalized spacial score (nSPS) is 29.5. The van der Waals surface area contributed by atoms with E-state index in [9.17, 15) is 0 Å². The predicted molar refractivity (Wildman–Crippen MR) is 71.1 cm³/mol. The minimum Gasteiger partial charge on any atom is -0.339 e. The standard InChI is InChI=1S/C14H25N3O/c1-5-10-7-6-8-14(15,9-10)11-16-12(18-17-11)13(2,3)4/h10H,5-9,15H2,1-4H3. The molecule has 4 heteroatoms. The molecule has 2 unspecified atom stereocenters. The van der Waals surface area contributed by atoms with E-state index >= 15 is 0 Å². The van der Waals surface area contributed by atoms with Gasteiger partial charge in [0.05, 0.1) is 5.54 Å². The molecule has 2 rings (SSSR count). The molecule has 1 saturated carbocycles. The Hall–Kier alpha value is -0.900. The Labute approximate surface area is 109 Å². The molecular weight excluding hydrogens is 226 g/mol. The first-order chi connectivity index (χ1) is 8.35. The molecule has 2 atom stereocenters. The van der Waals surface area contributed by atoms with E-state index in [2.05, 4.69) is 37.8 Å². The van der Waals surface area contributed by atoms with E-state index in [-0.39, 0.29) is 11.0 Å². The highest BCUT2D eigenvalue weighted by atomic mass is 16.5. The van der Waals surface area contributed by atoms with Crippen LogP contribution in [0.2, 0.25) is 0 Å². The summed E-state index contributed by atoms with van der Waals surface area (Å²) in [6.07, 6.45) is 5.57. The van der Waals surface area contributed by atoms with Gasteiger partial charge in [-0.25, -0.2) is 0 Å². The van der Waals surface area contributed by atoms with Crippen LogP contribution in [0.5, 0.6) is 0 Å². The Kier molecular flexibility index (Phi) is 3.49. The molecule has 0 saturated heterocycles. The topological polar surface area (TPSA) is 64.9 Å². The fraction of sp³-hybridized carbons (Fsp3) is 0.857. The van der Waals surface area contributed by atoms with Crippen molar-refractivity contribution in [2.45, 2.75) is 70.8 Å². The summed E-state index contributed by atoms with van der Waals surface area (Å²) in [6.45, 7) is 8.45. The van der Waals surface area contributed by atoms with E-state index in [1.54, 1.807) is 0 Å². The fourth-order valence-electron chi connectivity index (χ4n) is 2.71. The Bertz CT molecular complexity index is 407. The largest absolute Gasteiger partial charge is 0.339 e. The minimum absolute atomic E-state index is 0.111. The molecular formula is C14H25N3O. The molecule has 1 heterocycles. The molecule has 0 amide bonds. The zero-order valence-electron chi connectivity index (χ0n) is 12.0. The highest BCUT2D eigenvalue weighted by molar-refractivity contribution is 5.09. The van der Waals surface area contributed by atoms with Gasteiger partial charge >= 0.3 is 0 Å². The van der Waals surface area contributed by atoms with Crippen LogP contribution in [0.25, 0.3) is 0 Å². The summed E-state index contributed by atoms with van der Waals surface area (Å²) in [5.74, 6) is 2.08. The number of rotatable bonds is 2. The number of nitrogens with two attached hydrogens (primary N) is 1. The van der Waals surface area contributed by atoms with Gasteiger partial charge in [-0.15, -0.1) is 0 Å². The van der Waals surface area contributed by atoms with Crippen LogP contribution in [0.15, 0.2) is 4.52 Å². The first-order valence-corrected chi connectivity index (χ1v) is 6.99. The predicted octanol–water partition coefficient (Wildman–Crippen LogP) is 3.12. The van der Waals surface area contributed by atoms with Crippen molar-refractivity contribution in [1.29, 1.82) is 0 Å². The highest BCUT2D eigenvalue weighted by Gasteiger charge is 2.38. The van der Waals surface area contributed by atoms with Crippen molar-refractivity contribution in [3.05, 3.63) is 11.7 Å². The van der Waals surface area contributed by atoms with Crippen LogP contribution in [0.1, 0.15) is 71.5 Å². The SMILES string of the molecule is CCC1CCCC(N)(c2noc(C(C)(C)C)n2)C1. The molecule has 1 fully saturated rings. The van der Waals surface area contributed by atoms with Gasteiger partial charge < -0.3 is 10.3 Å². The highest BCUT2D eigenvalue weighted by Crippen LogP contribution is 2.38. The summed E-state index contributed by atoms with van der Waals surface area (Å²) >= 11 is 0. The molecule has 2 N–H and O–H groups in total. The van der Waals surface area contributed by atoms with Gasteiger partial charge in [-0.05, 0) is 18.8 Å². The lowest BCUT2D eigenvalue weighted by Crippen LogP contribution is -2.42. The maximum Gasteiger partial charge on any atom is 0.232 e. The van der Waals surface area contributed by atoms with Crippen LogP contribution < -0.4 is 5.73 Å². The summed E-state index contributed by atoms with van der Waals surface area (Å²) in [4.78, 5) is 4.54. The lowest BCUT2D eigenvalue weighted by atomic mass is 9.75. The quantitative estimate of drug-likeness (QED) is 0.877. The molecule has 1 aliphatic rings. The summed E-state index contributed by atoms with van der Waals surface area (Å²) < 4.78 is 5.38. The lowest BCUT2D eigenvalue weighted by molar-refractivity contribution is 0.205. The Morgan fingerprint density at radius 3 is 2.72 bits per heavy atom. The van der Waals surface area contributed by atoms with Crippen molar-refractivity contribution in [2.75, 3.05) is 0 Å². The Morgan fingerprint density at radius 2 is 2.17 bits per heavy atom. The molecule has 18 heavy (non-hydrogen) atoms. The third kappa shape index (κ3) is 2.58. The first kappa shape index (κ1) is 13.5. The van der Waals surface area contributed by atoms with E-state index in [1.807, 2.05) is 0 Å². The van der Waals surface area contributed by atoms with Crippen molar-refractivity contribution >= 4 is 0 Å². The van der Waals surface area contributed by atoms with Crippen LogP contribution in [0.4, 0.5) is 0 Å². The first-order valence-electron chi connectivity index (χ1n) is 6.99. The maximum absolute atomic E-state index is 6.52. The molecule has 0 aliphatic heterocycles. The van der Waals surface area contributed by atoms with Crippen molar-refractivity contribution in [2.24, 2.45) is 11.7 Å². The number of nitrogens with zero attached hydrogens (tertiary/aromatic N) is 2. The van der Waals surface area contributed by atoms with Gasteiger partial charge in [0, 0.05) is 5.41 Å². The number of hydrogen-bond donors (Lipinski definition) is 1. The Balaban J connectivity index is 2.22. The zero-order chi connectivity index (χ0) is 13.4. The monoisotopic (exact) mass is 251 g/mol. The van der Waals surface area contributed by atoms with Crippen LogP contribution >= 0.6 is 0 Å². The summed E-state index contributed by atoms with van der Waals surface area (Å²) in [5, 5.41) is 4.14. The summed E-state index contributed by atoms with van der Waals surface area (Å²) in [6, 6.07) is 0. The van der Waals surface area contributed by atoms with Gasteiger partial charge in [-0.2, -0.15) is 4.98 Å².